The molecule has 3 rings (SSSR count). The van der Waals surface area contributed by atoms with Gasteiger partial charge in [0.05, 0.1) is 7.11 Å². The second kappa shape index (κ2) is 5.25. The van der Waals surface area contributed by atoms with E-state index >= 15 is 0 Å². The molecule has 0 saturated carbocycles. The van der Waals surface area contributed by atoms with Crippen molar-refractivity contribution in [2.24, 2.45) is 0 Å². The van der Waals surface area contributed by atoms with Gasteiger partial charge in [0, 0.05) is 22.0 Å². The van der Waals surface area contributed by atoms with Gasteiger partial charge in [-0.3, -0.25) is 4.79 Å². The molecule has 0 atom stereocenters. The summed E-state index contributed by atoms with van der Waals surface area (Å²) < 4.78 is 6.22. The fraction of sp³-hybridized carbons (Fsp3) is 0.118. The molecule has 100 valence electrons. The van der Waals surface area contributed by atoms with Crippen LogP contribution in [0.1, 0.15) is 21.5 Å². The maximum atomic E-state index is 12.4. The normalized spacial score (nSPS) is 15.5. The number of carbonyl (C=O) groups is 1. The lowest BCUT2D eigenvalue weighted by molar-refractivity contribution is 0.104. The van der Waals surface area contributed by atoms with Gasteiger partial charge in [0.25, 0.3) is 0 Å². The molecular formula is C17H13BrO2. The Labute approximate surface area is 126 Å². The molecule has 1 aliphatic carbocycles. The molecule has 0 N–H and O–H groups in total. The maximum absolute atomic E-state index is 12.4. The fourth-order valence-electron chi connectivity index (χ4n) is 2.44. The lowest BCUT2D eigenvalue weighted by Gasteiger charge is -2.01. The van der Waals surface area contributed by atoms with Gasteiger partial charge in [0.15, 0.2) is 5.78 Å². The van der Waals surface area contributed by atoms with Crippen LogP contribution in [-0.4, -0.2) is 12.9 Å². The zero-order valence-electron chi connectivity index (χ0n) is 11.0. The molecule has 0 unspecified atom stereocenters. The highest BCUT2D eigenvalue weighted by Crippen LogP contribution is 2.30. The summed E-state index contributed by atoms with van der Waals surface area (Å²) in [6, 6.07) is 13.6. The van der Waals surface area contributed by atoms with Crippen molar-refractivity contribution in [2.75, 3.05) is 7.11 Å². The highest BCUT2D eigenvalue weighted by atomic mass is 79.9. The first kappa shape index (κ1) is 13.1. The van der Waals surface area contributed by atoms with E-state index in [0.717, 1.165) is 32.5 Å². The van der Waals surface area contributed by atoms with E-state index in [1.807, 2.05) is 48.5 Å². The van der Waals surface area contributed by atoms with Crippen LogP contribution in [0.4, 0.5) is 0 Å². The van der Waals surface area contributed by atoms with E-state index in [2.05, 4.69) is 15.9 Å². The number of hydrogen-bond donors (Lipinski definition) is 0. The van der Waals surface area contributed by atoms with Crippen LogP contribution < -0.4 is 4.74 Å². The van der Waals surface area contributed by atoms with Crippen molar-refractivity contribution in [2.45, 2.75) is 6.42 Å². The number of fused-ring (bicyclic) bond motifs is 1. The largest absolute Gasteiger partial charge is 0.497 e. The molecule has 0 aliphatic heterocycles. The molecule has 2 aromatic carbocycles. The van der Waals surface area contributed by atoms with Crippen LogP contribution in [0.25, 0.3) is 6.08 Å². The Morgan fingerprint density at radius 2 is 2.05 bits per heavy atom. The molecule has 0 fully saturated rings. The third-order valence-corrected chi connectivity index (χ3v) is 3.91. The second-order valence-corrected chi connectivity index (χ2v) is 5.67. The van der Waals surface area contributed by atoms with Crippen molar-refractivity contribution in [3.05, 3.63) is 69.2 Å². The summed E-state index contributed by atoms with van der Waals surface area (Å²) in [5.74, 6) is 0.905. The predicted molar refractivity (Wildman–Crippen MR) is 83.1 cm³/mol. The first-order valence-electron chi connectivity index (χ1n) is 6.35. The van der Waals surface area contributed by atoms with Crippen LogP contribution >= 0.6 is 15.9 Å². The summed E-state index contributed by atoms with van der Waals surface area (Å²) in [7, 11) is 1.64. The van der Waals surface area contributed by atoms with E-state index < -0.39 is 0 Å². The molecule has 3 heteroatoms. The number of benzene rings is 2. The van der Waals surface area contributed by atoms with Crippen LogP contribution in [-0.2, 0) is 6.42 Å². The zero-order valence-corrected chi connectivity index (χ0v) is 12.6. The van der Waals surface area contributed by atoms with E-state index in [-0.39, 0.29) is 5.78 Å². The minimum atomic E-state index is 0.114. The van der Waals surface area contributed by atoms with Crippen molar-refractivity contribution in [3.63, 3.8) is 0 Å². The Kier molecular flexibility index (Phi) is 3.45. The van der Waals surface area contributed by atoms with Crippen LogP contribution in [0.5, 0.6) is 5.75 Å². The number of halogens is 1. The van der Waals surface area contributed by atoms with E-state index in [9.17, 15) is 4.79 Å². The summed E-state index contributed by atoms with van der Waals surface area (Å²) in [5, 5.41) is 0. The third kappa shape index (κ3) is 2.41. The molecule has 0 saturated heterocycles. The Hall–Kier alpha value is -1.87. The number of carbonyl (C=O) groups excluding carboxylic acids is 1. The minimum absolute atomic E-state index is 0.114. The molecule has 0 amide bonds. The smallest absolute Gasteiger partial charge is 0.189 e. The molecule has 1 aliphatic rings. The van der Waals surface area contributed by atoms with E-state index in [1.165, 1.54) is 0 Å². The van der Waals surface area contributed by atoms with Gasteiger partial charge in [-0.1, -0.05) is 28.1 Å². The first-order chi connectivity index (χ1) is 9.67. The van der Waals surface area contributed by atoms with Crippen molar-refractivity contribution in [1.82, 2.24) is 0 Å². The molecule has 0 aromatic heterocycles. The Balaban J connectivity index is 1.97. The zero-order chi connectivity index (χ0) is 14.1. The molecular weight excluding hydrogens is 316 g/mol. The number of methoxy groups -OCH3 is 1. The summed E-state index contributed by atoms with van der Waals surface area (Å²) in [4.78, 5) is 12.4. The van der Waals surface area contributed by atoms with E-state index in [4.69, 9.17) is 4.74 Å². The number of rotatable bonds is 2. The quantitative estimate of drug-likeness (QED) is 0.769. The van der Waals surface area contributed by atoms with Gasteiger partial charge < -0.3 is 4.74 Å². The lowest BCUT2D eigenvalue weighted by Crippen LogP contribution is -1.95. The molecule has 0 radical (unpaired) electrons. The molecule has 2 nitrogen and oxygen atoms in total. The van der Waals surface area contributed by atoms with Crippen LogP contribution in [0.3, 0.4) is 0 Å². The average Bonchev–Trinajstić information content (AvgIpc) is 2.75. The number of ether oxygens (including phenoxy) is 1. The fourth-order valence-corrected chi connectivity index (χ4v) is 2.85. The van der Waals surface area contributed by atoms with Gasteiger partial charge in [0.1, 0.15) is 5.75 Å². The highest BCUT2D eigenvalue weighted by molar-refractivity contribution is 9.10. The van der Waals surface area contributed by atoms with Crippen molar-refractivity contribution >= 4 is 27.8 Å². The van der Waals surface area contributed by atoms with Gasteiger partial charge >= 0.3 is 0 Å². The van der Waals surface area contributed by atoms with Crippen molar-refractivity contribution in [1.29, 1.82) is 0 Å². The van der Waals surface area contributed by atoms with Gasteiger partial charge in [-0.15, -0.1) is 0 Å². The standard InChI is InChI=1S/C17H13BrO2/c1-20-15-5-6-16-12(10-15)9-13(17(16)19)7-11-3-2-4-14(18)8-11/h2-8,10H,9H2,1H3. The van der Waals surface area contributed by atoms with E-state index in [0.29, 0.717) is 6.42 Å². The maximum Gasteiger partial charge on any atom is 0.189 e. The summed E-state index contributed by atoms with van der Waals surface area (Å²) in [6.07, 6.45) is 2.62. The van der Waals surface area contributed by atoms with Gasteiger partial charge in [-0.2, -0.15) is 0 Å². The third-order valence-electron chi connectivity index (χ3n) is 3.42. The second-order valence-electron chi connectivity index (χ2n) is 4.75. The van der Waals surface area contributed by atoms with Crippen LogP contribution in [0, 0.1) is 0 Å². The molecule has 20 heavy (non-hydrogen) atoms. The SMILES string of the molecule is COc1ccc2c(c1)CC(=Cc1cccc(Br)c1)C2=O. The summed E-state index contributed by atoms with van der Waals surface area (Å²) >= 11 is 3.44. The van der Waals surface area contributed by atoms with Gasteiger partial charge in [-0.05, 0) is 47.5 Å². The molecule has 0 spiro atoms. The monoisotopic (exact) mass is 328 g/mol. The number of ketones is 1. The Morgan fingerprint density at radius 1 is 1.20 bits per heavy atom. The lowest BCUT2D eigenvalue weighted by atomic mass is 10.1. The van der Waals surface area contributed by atoms with Crippen molar-refractivity contribution < 1.29 is 9.53 Å². The van der Waals surface area contributed by atoms with Crippen molar-refractivity contribution in [3.8, 4) is 5.75 Å². The summed E-state index contributed by atoms with van der Waals surface area (Å²) in [6.45, 7) is 0. The molecule has 0 heterocycles. The van der Waals surface area contributed by atoms with Gasteiger partial charge in [-0.25, -0.2) is 0 Å². The number of allylic oxidation sites excluding steroid dienone is 1. The minimum Gasteiger partial charge on any atom is -0.497 e. The van der Waals surface area contributed by atoms with Gasteiger partial charge in [0.2, 0.25) is 0 Å². The molecule has 2 aromatic rings. The first-order valence-corrected chi connectivity index (χ1v) is 7.14. The number of Topliss-reactive ketones (excluding diaryl/α,β-unsaturated/α-hetero) is 1. The predicted octanol–water partition coefficient (Wildman–Crippen LogP) is 4.28. The topological polar surface area (TPSA) is 26.3 Å². The molecule has 0 bridgehead atoms. The van der Waals surface area contributed by atoms with Crippen LogP contribution in [0.15, 0.2) is 52.5 Å². The Morgan fingerprint density at radius 3 is 2.80 bits per heavy atom. The Bertz CT molecular complexity index is 717. The average molecular weight is 329 g/mol. The summed E-state index contributed by atoms with van der Waals surface area (Å²) in [5.41, 5.74) is 3.68. The van der Waals surface area contributed by atoms with Crippen LogP contribution in [0.2, 0.25) is 0 Å². The number of hydrogen-bond acceptors (Lipinski definition) is 2. The highest BCUT2D eigenvalue weighted by Gasteiger charge is 2.24. The van der Waals surface area contributed by atoms with E-state index in [1.54, 1.807) is 7.11 Å².